The second-order valence-electron chi connectivity index (χ2n) is 7.02. The van der Waals surface area contributed by atoms with Gasteiger partial charge in [0, 0.05) is 25.0 Å². The maximum atomic E-state index is 4.66. The molecule has 27 heavy (non-hydrogen) atoms. The lowest BCUT2D eigenvalue weighted by molar-refractivity contribution is 0.549. The molecule has 0 fully saturated rings. The molecule has 2 heterocycles. The van der Waals surface area contributed by atoms with Crippen molar-refractivity contribution in [2.75, 3.05) is 13.1 Å². The largest absolute Gasteiger partial charge is 0.357 e. The summed E-state index contributed by atoms with van der Waals surface area (Å²) in [6, 6.07) is 6.10. The van der Waals surface area contributed by atoms with Crippen LogP contribution in [0.2, 0.25) is 0 Å². The number of nitrogens with zero attached hydrogens (tertiary/aromatic N) is 4. The Morgan fingerprint density at radius 3 is 2.56 bits per heavy atom. The van der Waals surface area contributed by atoms with Crippen molar-refractivity contribution in [2.24, 2.45) is 10.9 Å². The number of hydrogen-bond donors (Lipinski definition) is 2. The van der Waals surface area contributed by atoms with E-state index in [4.69, 9.17) is 0 Å². The molecule has 7 heteroatoms. The van der Waals surface area contributed by atoms with Crippen molar-refractivity contribution in [1.29, 1.82) is 0 Å². The monoisotopic (exact) mass is 484 g/mol. The normalized spacial score (nSPS) is 11.4. The van der Waals surface area contributed by atoms with E-state index in [0.29, 0.717) is 6.54 Å². The van der Waals surface area contributed by atoms with Crippen molar-refractivity contribution in [3.63, 3.8) is 0 Å². The highest BCUT2D eigenvalue weighted by molar-refractivity contribution is 14.0. The number of aliphatic imine (C=N–C) groups is 1. The van der Waals surface area contributed by atoms with Crippen molar-refractivity contribution >= 4 is 29.9 Å². The van der Waals surface area contributed by atoms with Crippen LogP contribution in [0.1, 0.15) is 50.6 Å². The van der Waals surface area contributed by atoms with Crippen molar-refractivity contribution in [2.45, 2.75) is 54.0 Å². The Morgan fingerprint density at radius 1 is 1.22 bits per heavy atom. The van der Waals surface area contributed by atoms with E-state index in [1.165, 1.54) is 6.42 Å². The molecule has 2 aromatic rings. The van der Waals surface area contributed by atoms with Crippen LogP contribution in [-0.2, 0) is 6.54 Å². The van der Waals surface area contributed by atoms with Gasteiger partial charge >= 0.3 is 0 Å². The van der Waals surface area contributed by atoms with Gasteiger partial charge in [-0.1, -0.05) is 19.9 Å². The number of nitrogens with one attached hydrogen (secondary N) is 2. The summed E-state index contributed by atoms with van der Waals surface area (Å²) in [5.74, 6) is 2.43. The number of guanidine groups is 1. The van der Waals surface area contributed by atoms with Gasteiger partial charge in [0.1, 0.15) is 0 Å². The van der Waals surface area contributed by atoms with Crippen LogP contribution in [-0.4, -0.2) is 33.8 Å². The topological polar surface area (TPSA) is 67.1 Å². The quantitative estimate of drug-likeness (QED) is 0.257. The van der Waals surface area contributed by atoms with Gasteiger partial charge in [-0.15, -0.1) is 24.0 Å². The van der Waals surface area contributed by atoms with Gasteiger partial charge in [0.2, 0.25) is 0 Å². The molecule has 0 atom stereocenters. The number of rotatable bonds is 8. The third-order valence-corrected chi connectivity index (χ3v) is 4.05. The summed E-state index contributed by atoms with van der Waals surface area (Å²) in [6.07, 6.45) is 4.25. The van der Waals surface area contributed by atoms with Crippen LogP contribution in [0, 0.1) is 19.8 Å². The number of pyridine rings is 1. The second-order valence-corrected chi connectivity index (χ2v) is 7.02. The van der Waals surface area contributed by atoms with E-state index in [-0.39, 0.29) is 24.0 Å². The van der Waals surface area contributed by atoms with Gasteiger partial charge in [0.05, 0.1) is 12.2 Å². The van der Waals surface area contributed by atoms with Gasteiger partial charge in [-0.3, -0.25) is 0 Å². The van der Waals surface area contributed by atoms with Crippen molar-refractivity contribution in [3.8, 4) is 5.82 Å². The Bertz CT molecular complexity index is 706. The molecule has 0 saturated carbocycles. The van der Waals surface area contributed by atoms with E-state index in [2.05, 4.69) is 52.5 Å². The summed E-state index contributed by atoms with van der Waals surface area (Å²) in [7, 11) is 0. The fourth-order valence-electron chi connectivity index (χ4n) is 2.73. The third kappa shape index (κ3) is 7.86. The molecule has 2 rings (SSSR count). The molecule has 0 aromatic carbocycles. The van der Waals surface area contributed by atoms with E-state index in [0.717, 1.165) is 54.2 Å². The first-order valence-electron chi connectivity index (χ1n) is 9.50. The van der Waals surface area contributed by atoms with Gasteiger partial charge in [-0.2, -0.15) is 5.10 Å². The fraction of sp³-hybridized carbons (Fsp3) is 0.550. The molecule has 0 amide bonds. The second kappa shape index (κ2) is 11.9. The Hall–Kier alpha value is -1.64. The lowest BCUT2D eigenvalue weighted by Crippen LogP contribution is -2.37. The van der Waals surface area contributed by atoms with Gasteiger partial charge in [0.15, 0.2) is 11.8 Å². The maximum absolute atomic E-state index is 4.66. The molecule has 0 spiro atoms. The molecular formula is C20H33IN6. The summed E-state index contributed by atoms with van der Waals surface area (Å²) < 4.78 is 1.86. The van der Waals surface area contributed by atoms with E-state index < -0.39 is 0 Å². The molecule has 0 aliphatic carbocycles. The minimum atomic E-state index is 0. The van der Waals surface area contributed by atoms with Crippen molar-refractivity contribution < 1.29 is 0 Å². The highest BCUT2D eigenvalue weighted by atomic mass is 127. The van der Waals surface area contributed by atoms with E-state index in [9.17, 15) is 0 Å². The number of halogens is 1. The standard InChI is InChI=1S/C20H32N6.HI/c1-6-21-20(22-11-7-8-15(2)3)24-14-18-9-10-19(23-13-18)26-17(5)12-16(4)25-26;/h9-10,12-13,15H,6-8,11,14H2,1-5H3,(H2,21,22,24);1H. The Kier molecular flexibility index (Phi) is 10.4. The predicted octanol–water partition coefficient (Wildman–Crippen LogP) is 3.99. The third-order valence-electron chi connectivity index (χ3n) is 4.05. The lowest BCUT2D eigenvalue weighted by Gasteiger charge is -2.12. The summed E-state index contributed by atoms with van der Waals surface area (Å²) in [6.45, 7) is 13.0. The number of aromatic nitrogens is 3. The summed E-state index contributed by atoms with van der Waals surface area (Å²) in [5, 5.41) is 11.2. The molecule has 0 radical (unpaired) electrons. The Balaban J connectivity index is 0.00000364. The van der Waals surface area contributed by atoms with Crippen LogP contribution in [0.5, 0.6) is 0 Å². The first kappa shape index (κ1) is 23.4. The van der Waals surface area contributed by atoms with E-state index in [1.807, 2.05) is 36.9 Å². The molecule has 0 aliphatic rings. The smallest absolute Gasteiger partial charge is 0.191 e. The van der Waals surface area contributed by atoms with Crippen LogP contribution >= 0.6 is 24.0 Å². The predicted molar refractivity (Wildman–Crippen MR) is 123 cm³/mol. The lowest BCUT2D eigenvalue weighted by atomic mass is 10.1. The highest BCUT2D eigenvalue weighted by Gasteiger charge is 2.05. The van der Waals surface area contributed by atoms with Crippen molar-refractivity contribution in [1.82, 2.24) is 25.4 Å². The molecule has 0 saturated heterocycles. The molecule has 150 valence electrons. The molecular weight excluding hydrogens is 451 g/mol. The highest BCUT2D eigenvalue weighted by Crippen LogP contribution is 2.10. The Morgan fingerprint density at radius 2 is 2.00 bits per heavy atom. The van der Waals surface area contributed by atoms with Gasteiger partial charge < -0.3 is 10.6 Å². The summed E-state index contributed by atoms with van der Waals surface area (Å²) >= 11 is 0. The molecule has 0 unspecified atom stereocenters. The Labute approximate surface area is 180 Å². The summed E-state index contributed by atoms with van der Waals surface area (Å²) in [5.41, 5.74) is 3.16. The average Bonchev–Trinajstić information content (AvgIpc) is 2.95. The van der Waals surface area contributed by atoms with Crippen molar-refractivity contribution in [3.05, 3.63) is 41.3 Å². The molecule has 2 N–H and O–H groups in total. The molecule has 2 aromatic heterocycles. The first-order valence-corrected chi connectivity index (χ1v) is 9.50. The zero-order valence-electron chi connectivity index (χ0n) is 17.1. The van der Waals surface area contributed by atoms with Gasteiger partial charge in [-0.05, 0) is 57.2 Å². The molecule has 0 aliphatic heterocycles. The average molecular weight is 484 g/mol. The van der Waals surface area contributed by atoms with Gasteiger partial charge in [0.25, 0.3) is 0 Å². The van der Waals surface area contributed by atoms with Crippen LogP contribution in [0.15, 0.2) is 29.4 Å². The van der Waals surface area contributed by atoms with E-state index in [1.54, 1.807) is 0 Å². The van der Waals surface area contributed by atoms with E-state index >= 15 is 0 Å². The SMILES string of the molecule is CCNC(=NCc1ccc(-n2nc(C)cc2C)nc1)NCCCC(C)C.I. The zero-order chi connectivity index (χ0) is 18.9. The zero-order valence-corrected chi connectivity index (χ0v) is 19.4. The molecule has 6 nitrogen and oxygen atoms in total. The minimum absolute atomic E-state index is 0. The van der Waals surface area contributed by atoms with Gasteiger partial charge in [-0.25, -0.2) is 14.7 Å². The fourth-order valence-corrected chi connectivity index (χ4v) is 2.73. The summed E-state index contributed by atoms with van der Waals surface area (Å²) in [4.78, 5) is 9.19. The number of aryl methyl sites for hydroxylation is 2. The van der Waals surface area contributed by atoms with Crippen LogP contribution in [0.25, 0.3) is 5.82 Å². The minimum Gasteiger partial charge on any atom is -0.357 e. The van der Waals surface area contributed by atoms with Crippen LogP contribution < -0.4 is 10.6 Å². The first-order chi connectivity index (χ1) is 12.5. The molecule has 0 bridgehead atoms. The maximum Gasteiger partial charge on any atom is 0.191 e. The van der Waals surface area contributed by atoms with Crippen LogP contribution in [0.4, 0.5) is 0 Å². The number of hydrogen-bond acceptors (Lipinski definition) is 3. The van der Waals surface area contributed by atoms with Crippen LogP contribution in [0.3, 0.4) is 0 Å².